The first-order valence-electron chi connectivity index (χ1n) is 5.92. The van der Waals surface area contributed by atoms with Gasteiger partial charge >= 0.3 is 0 Å². The SMILES string of the molecule is CCN(C(C)C)C(CN)c1ccc(Br)cc1Cl. The average Bonchev–Trinajstić information content (AvgIpc) is 2.26. The van der Waals surface area contributed by atoms with Crippen molar-refractivity contribution in [2.24, 2.45) is 5.73 Å². The van der Waals surface area contributed by atoms with Crippen LogP contribution in [0.3, 0.4) is 0 Å². The molecule has 0 aromatic heterocycles. The summed E-state index contributed by atoms with van der Waals surface area (Å²) >= 11 is 9.72. The molecule has 1 rings (SSSR count). The van der Waals surface area contributed by atoms with Gasteiger partial charge in [0.1, 0.15) is 0 Å². The van der Waals surface area contributed by atoms with Crippen molar-refractivity contribution in [3.8, 4) is 0 Å². The molecule has 0 saturated carbocycles. The smallest absolute Gasteiger partial charge is 0.0487 e. The summed E-state index contributed by atoms with van der Waals surface area (Å²) < 4.78 is 0.995. The highest BCUT2D eigenvalue weighted by Gasteiger charge is 2.22. The van der Waals surface area contributed by atoms with Crippen LogP contribution in [0.4, 0.5) is 0 Å². The fourth-order valence-corrected chi connectivity index (χ4v) is 2.96. The zero-order valence-corrected chi connectivity index (χ0v) is 12.9. The van der Waals surface area contributed by atoms with Crippen molar-refractivity contribution < 1.29 is 0 Å². The minimum atomic E-state index is 0.181. The molecule has 0 radical (unpaired) electrons. The van der Waals surface area contributed by atoms with E-state index in [1.807, 2.05) is 12.1 Å². The Bertz CT molecular complexity index is 368. The van der Waals surface area contributed by atoms with Gasteiger partial charge in [-0.3, -0.25) is 4.90 Å². The van der Waals surface area contributed by atoms with Gasteiger partial charge in [-0.25, -0.2) is 0 Å². The number of hydrogen-bond donors (Lipinski definition) is 1. The molecular formula is C13H20BrClN2. The van der Waals surface area contributed by atoms with Gasteiger partial charge in [-0.05, 0) is 38.1 Å². The molecule has 17 heavy (non-hydrogen) atoms. The first kappa shape index (κ1) is 15.0. The third-order valence-electron chi connectivity index (χ3n) is 2.97. The van der Waals surface area contributed by atoms with E-state index < -0.39 is 0 Å². The summed E-state index contributed by atoms with van der Waals surface area (Å²) in [5.41, 5.74) is 7.02. The van der Waals surface area contributed by atoms with Gasteiger partial charge in [-0.1, -0.05) is 40.5 Å². The molecular weight excluding hydrogens is 300 g/mol. The number of halogens is 2. The standard InChI is InChI=1S/C13H20BrClN2/c1-4-17(9(2)3)13(8-16)11-6-5-10(14)7-12(11)15/h5-7,9,13H,4,8,16H2,1-3H3. The van der Waals surface area contributed by atoms with Crippen LogP contribution in [0.1, 0.15) is 32.4 Å². The van der Waals surface area contributed by atoms with Gasteiger partial charge in [0.2, 0.25) is 0 Å². The van der Waals surface area contributed by atoms with Crippen molar-refractivity contribution in [3.63, 3.8) is 0 Å². The summed E-state index contributed by atoms with van der Waals surface area (Å²) in [4.78, 5) is 2.36. The van der Waals surface area contributed by atoms with Crippen molar-refractivity contribution in [2.75, 3.05) is 13.1 Å². The topological polar surface area (TPSA) is 29.3 Å². The van der Waals surface area contributed by atoms with E-state index in [1.165, 1.54) is 0 Å². The maximum Gasteiger partial charge on any atom is 0.0487 e. The van der Waals surface area contributed by atoms with Crippen molar-refractivity contribution in [2.45, 2.75) is 32.9 Å². The predicted octanol–water partition coefficient (Wildman–Crippen LogP) is 3.83. The number of nitrogens with two attached hydrogens (primary N) is 1. The summed E-state index contributed by atoms with van der Waals surface area (Å²) in [5.74, 6) is 0. The monoisotopic (exact) mass is 318 g/mol. The Morgan fingerprint density at radius 2 is 2.06 bits per heavy atom. The fourth-order valence-electron chi connectivity index (χ4n) is 2.16. The van der Waals surface area contributed by atoms with E-state index in [0.717, 1.165) is 21.6 Å². The maximum absolute atomic E-state index is 6.30. The van der Waals surface area contributed by atoms with E-state index in [1.54, 1.807) is 0 Å². The summed E-state index contributed by atoms with van der Waals surface area (Å²) in [6, 6.07) is 6.62. The minimum Gasteiger partial charge on any atom is -0.329 e. The second kappa shape index (κ2) is 6.74. The lowest BCUT2D eigenvalue weighted by molar-refractivity contribution is 0.166. The minimum absolute atomic E-state index is 0.181. The van der Waals surface area contributed by atoms with E-state index in [0.29, 0.717) is 12.6 Å². The number of nitrogens with zero attached hydrogens (tertiary/aromatic N) is 1. The summed E-state index contributed by atoms with van der Waals surface area (Å²) in [6.07, 6.45) is 0. The Hall–Kier alpha value is -0.0900. The quantitative estimate of drug-likeness (QED) is 0.893. The molecule has 96 valence electrons. The van der Waals surface area contributed by atoms with Crippen molar-refractivity contribution >= 4 is 27.5 Å². The molecule has 2 N–H and O–H groups in total. The van der Waals surface area contributed by atoms with Crippen molar-refractivity contribution in [1.82, 2.24) is 4.90 Å². The zero-order chi connectivity index (χ0) is 13.0. The molecule has 0 spiro atoms. The fraction of sp³-hybridized carbons (Fsp3) is 0.538. The molecule has 0 fully saturated rings. The zero-order valence-electron chi connectivity index (χ0n) is 10.6. The lowest BCUT2D eigenvalue weighted by Gasteiger charge is -2.34. The molecule has 1 unspecified atom stereocenters. The second-order valence-electron chi connectivity index (χ2n) is 4.34. The van der Waals surface area contributed by atoms with Crippen LogP contribution in [0, 0.1) is 0 Å². The van der Waals surface area contributed by atoms with Crippen LogP contribution in [0.15, 0.2) is 22.7 Å². The molecule has 4 heteroatoms. The average molecular weight is 320 g/mol. The Morgan fingerprint density at radius 1 is 1.41 bits per heavy atom. The summed E-state index contributed by atoms with van der Waals surface area (Å²) in [7, 11) is 0. The normalized spacial score (nSPS) is 13.4. The molecule has 0 aliphatic rings. The number of rotatable bonds is 5. The van der Waals surface area contributed by atoms with Crippen LogP contribution in [-0.2, 0) is 0 Å². The Morgan fingerprint density at radius 3 is 2.47 bits per heavy atom. The van der Waals surface area contributed by atoms with Gasteiger partial charge in [-0.15, -0.1) is 0 Å². The molecule has 0 saturated heterocycles. The van der Waals surface area contributed by atoms with Gasteiger partial charge < -0.3 is 5.73 Å². The highest BCUT2D eigenvalue weighted by molar-refractivity contribution is 9.10. The van der Waals surface area contributed by atoms with Crippen LogP contribution < -0.4 is 5.73 Å². The maximum atomic E-state index is 6.30. The first-order chi connectivity index (χ1) is 8.01. The molecule has 1 aromatic rings. The molecule has 0 amide bonds. The van der Waals surface area contributed by atoms with Crippen LogP contribution in [0.25, 0.3) is 0 Å². The Kier molecular flexibility index (Phi) is 5.93. The van der Waals surface area contributed by atoms with Crippen LogP contribution in [0.5, 0.6) is 0 Å². The van der Waals surface area contributed by atoms with E-state index in [2.05, 4.69) is 47.7 Å². The van der Waals surface area contributed by atoms with E-state index in [9.17, 15) is 0 Å². The number of likely N-dealkylation sites (N-methyl/N-ethyl adjacent to an activating group) is 1. The second-order valence-corrected chi connectivity index (χ2v) is 5.66. The summed E-state index contributed by atoms with van der Waals surface area (Å²) in [6.45, 7) is 8.05. The predicted molar refractivity (Wildman–Crippen MR) is 78.5 cm³/mol. The molecule has 1 atom stereocenters. The van der Waals surface area contributed by atoms with E-state index >= 15 is 0 Å². The van der Waals surface area contributed by atoms with Crippen molar-refractivity contribution in [1.29, 1.82) is 0 Å². The Labute approximate surface area is 117 Å². The Balaban J connectivity index is 3.08. The van der Waals surface area contributed by atoms with Gasteiger partial charge in [0, 0.05) is 28.1 Å². The molecule has 0 heterocycles. The lowest BCUT2D eigenvalue weighted by atomic mass is 10.0. The van der Waals surface area contributed by atoms with Crippen LogP contribution in [-0.4, -0.2) is 24.0 Å². The molecule has 1 aromatic carbocycles. The van der Waals surface area contributed by atoms with E-state index in [4.69, 9.17) is 17.3 Å². The molecule has 0 aliphatic heterocycles. The van der Waals surface area contributed by atoms with Crippen molar-refractivity contribution in [3.05, 3.63) is 33.3 Å². The third-order valence-corrected chi connectivity index (χ3v) is 3.79. The van der Waals surface area contributed by atoms with Gasteiger partial charge in [-0.2, -0.15) is 0 Å². The molecule has 0 bridgehead atoms. The van der Waals surface area contributed by atoms with E-state index in [-0.39, 0.29) is 6.04 Å². The number of benzene rings is 1. The highest BCUT2D eigenvalue weighted by atomic mass is 79.9. The van der Waals surface area contributed by atoms with Crippen LogP contribution >= 0.6 is 27.5 Å². The molecule has 2 nitrogen and oxygen atoms in total. The van der Waals surface area contributed by atoms with Gasteiger partial charge in [0.15, 0.2) is 0 Å². The summed E-state index contributed by atoms with van der Waals surface area (Å²) in [5, 5.41) is 0.772. The number of hydrogen-bond acceptors (Lipinski definition) is 2. The van der Waals surface area contributed by atoms with Gasteiger partial charge in [0.05, 0.1) is 0 Å². The molecule has 0 aliphatic carbocycles. The van der Waals surface area contributed by atoms with Gasteiger partial charge in [0.25, 0.3) is 0 Å². The largest absolute Gasteiger partial charge is 0.329 e. The highest BCUT2D eigenvalue weighted by Crippen LogP contribution is 2.30. The lowest BCUT2D eigenvalue weighted by Crippen LogP contribution is -2.38. The first-order valence-corrected chi connectivity index (χ1v) is 7.09. The van der Waals surface area contributed by atoms with Crippen LogP contribution in [0.2, 0.25) is 5.02 Å². The third kappa shape index (κ3) is 3.68.